The van der Waals surface area contributed by atoms with E-state index in [0.29, 0.717) is 5.52 Å². The fourth-order valence-corrected chi connectivity index (χ4v) is 5.48. The Morgan fingerprint density at radius 3 is 2.42 bits per heavy atom. The monoisotopic (exact) mass is 429 g/mol. The molecule has 5 nitrogen and oxygen atoms in total. The lowest BCUT2D eigenvalue weighted by atomic mass is 9.97. The quantitative estimate of drug-likeness (QED) is 0.474. The molecule has 0 fully saturated rings. The van der Waals surface area contributed by atoms with Crippen molar-refractivity contribution in [2.24, 2.45) is 0 Å². The SMILES string of the molecule is CN1CC=C(c2cn(S(=O)(=O)c3ccccc3)c3cc(-c4ccncc4)ccc23)CC1. The molecule has 6 heteroatoms. The number of fused-ring (bicyclic) bond motifs is 1. The summed E-state index contributed by atoms with van der Waals surface area (Å²) >= 11 is 0. The topological polar surface area (TPSA) is 55.2 Å². The van der Waals surface area contributed by atoms with Gasteiger partial charge in [-0.3, -0.25) is 4.98 Å². The highest BCUT2D eigenvalue weighted by atomic mass is 32.2. The smallest absolute Gasteiger partial charge is 0.268 e. The summed E-state index contributed by atoms with van der Waals surface area (Å²) < 4.78 is 28.6. The van der Waals surface area contributed by atoms with Crippen molar-refractivity contribution in [1.82, 2.24) is 13.9 Å². The number of rotatable bonds is 4. The second kappa shape index (κ2) is 7.80. The highest BCUT2D eigenvalue weighted by molar-refractivity contribution is 7.90. The van der Waals surface area contributed by atoms with Gasteiger partial charge in [0.2, 0.25) is 0 Å². The first-order chi connectivity index (χ1) is 15.0. The number of nitrogens with zero attached hydrogens (tertiary/aromatic N) is 3. The van der Waals surface area contributed by atoms with Gasteiger partial charge in [0, 0.05) is 42.6 Å². The standard InChI is InChI=1S/C25H23N3O2S/c1-27-15-11-20(12-16-27)24-18-28(31(29,30)22-5-3-2-4-6-22)25-17-21(7-8-23(24)25)19-9-13-26-14-10-19/h2-11,13-14,17-18H,12,15-16H2,1H3. The maximum Gasteiger partial charge on any atom is 0.268 e. The van der Waals surface area contributed by atoms with Crippen LogP contribution >= 0.6 is 0 Å². The molecule has 156 valence electrons. The fraction of sp³-hybridized carbons (Fsp3) is 0.160. The predicted molar refractivity (Wildman–Crippen MR) is 124 cm³/mol. The average Bonchev–Trinajstić information content (AvgIpc) is 3.20. The zero-order valence-corrected chi connectivity index (χ0v) is 18.1. The average molecular weight is 430 g/mol. The van der Waals surface area contributed by atoms with Crippen LogP contribution in [0.25, 0.3) is 27.6 Å². The Labute approximate surface area is 182 Å². The van der Waals surface area contributed by atoms with E-state index in [4.69, 9.17) is 0 Å². The van der Waals surface area contributed by atoms with E-state index in [1.807, 2.05) is 30.3 Å². The molecule has 2 aromatic carbocycles. The first kappa shape index (κ1) is 19.7. The highest BCUT2D eigenvalue weighted by Gasteiger charge is 2.23. The van der Waals surface area contributed by atoms with Gasteiger partial charge in [0.05, 0.1) is 10.4 Å². The minimum Gasteiger partial charge on any atom is -0.302 e. The molecule has 0 radical (unpaired) electrons. The van der Waals surface area contributed by atoms with Gasteiger partial charge in [-0.1, -0.05) is 36.4 Å². The molecule has 1 aliphatic heterocycles. The fourth-order valence-electron chi connectivity index (χ4n) is 4.10. The number of hydrogen-bond acceptors (Lipinski definition) is 4. The number of hydrogen-bond donors (Lipinski definition) is 0. The van der Waals surface area contributed by atoms with E-state index in [1.165, 1.54) is 9.55 Å². The Bertz CT molecular complexity index is 1370. The van der Waals surface area contributed by atoms with Crippen molar-refractivity contribution in [1.29, 1.82) is 0 Å². The maximum atomic E-state index is 13.6. The number of aromatic nitrogens is 2. The van der Waals surface area contributed by atoms with Crippen LogP contribution in [0.1, 0.15) is 12.0 Å². The van der Waals surface area contributed by atoms with Crippen LogP contribution in [0.5, 0.6) is 0 Å². The van der Waals surface area contributed by atoms with E-state index < -0.39 is 10.0 Å². The van der Waals surface area contributed by atoms with Crippen molar-refractivity contribution in [2.75, 3.05) is 20.1 Å². The molecule has 0 unspecified atom stereocenters. The molecule has 0 saturated heterocycles. The third-order valence-corrected chi connectivity index (χ3v) is 7.53. The van der Waals surface area contributed by atoms with E-state index in [2.05, 4.69) is 29.1 Å². The van der Waals surface area contributed by atoms with Gasteiger partial charge in [-0.15, -0.1) is 0 Å². The van der Waals surface area contributed by atoms with Gasteiger partial charge in [0.15, 0.2) is 0 Å². The molecule has 0 saturated carbocycles. The Morgan fingerprint density at radius 2 is 1.71 bits per heavy atom. The summed E-state index contributed by atoms with van der Waals surface area (Å²) in [6, 6.07) is 18.5. The molecule has 31 heavy (non-hydrogen) atoms. The molecular weight excluding hydrogens is 406 g/mol. The molecule has 4 aromatic rings. The highest BCUT2D eigenvalue weighted by Crippen LogP contribution is 2.35. The Kier molecular flexibility index (Phi) is 4.96. The van der Waals surface area contributed by atoms with E-state index >= 15 is 0 Å². The van der Waals surface area contributed by atoms with E-state index in [0.717, 1.165) is 41.6 Å². The summed E-state index contributed by atoms with van der Waals surface area (Å²) in [4.78, 5) is 6.63. The number of benzene rings is 2. The van der Waals surface area contributed by atoms with Crippen LogP contribution in [0.15, 0.2) is 90.2 Å². The van der Waals surface area contributed by atoms with Crippen molar-refractivity contribution in [3.05, 3.63) is 90.9 Å². The first-order valence-corrected chi connectivity index (χ1v) is 11.7. The Balaban J connectivity index is 1.75. The minimum absolute atomic E-state index is 0.283. The summed E-state index contributed by atoms with van der Waals surface area (Å²) in [6.45, 7) is 1.82. The minimum atomic E-state index is -3.73. The normalized spacial score (nSPS) is 15.2. The van der Waals surface area contributed by atoms with Crippen LogP contribution in [0.3, 0.4) is 0 Å². The van der Waals surface area contributed by atoms with Crippen LogP contribution < -0.4 is 0 Å². The van der Waals surface area contributed by atoms with Crippen LogP contribution in [-0.2, 0) is 10.0 Å². The van der Waals surface area contributed by atoms with Crippen molar-refractivity contribution in [3.8, 4) is 11.1 Å². The summed E-state index contributed by atoms with van der Waals surface area (Å²) in [6.07, 6.45) is 8.38. The lowest BCUT2D eigenvalue weighted by molar-refractivity contribution is 0.370. The Hall–Kier alpha value is -3.22. The van der Waals surface area contributed by atoms with Gasteiger partial charge in [-0.2, -0.15) is 0 Å². The Morgan fingerprint density at radius 1 is 0.935 bits per heavy atom. The van der Waals surface area contributed by atoms with E-state index in [1.54, 1.807) is 42.9 Å². The summed E-state index contributed by atoms with van der Waals surface area (Å²) in [7, 11) is -1.63. The summed E-state index contributed by atoms with van der Waals surface area (Å²) in [5.41, 5.74) is 4.84. The van der Waals surface area contributed by atoms with Crippen LogP contribution in [0.2, 0.25) is 0 Å². The lowest BCUT2D eigenvalue weighted by Crippen LogP contribution is -2.23. The van der Waals surface area contributed by atoms with E-state index in [-0.39, 0.29) is 4.90 Å². The van der Waals surface area contributed by atoms with E-state index in [9.17, 15) is 8.42 Å². The van der Waals surface area contributed by atoms with Crippen LogP contribution in [0, 0.1) is 0 Å². The lowest BCUT2D eigenvalue weighted by Gasteiger charge is -2.21. The molecule has 0 spiro atoms. The summed E-state index contributed by atoms with van der Waals surface area (Å²) in [5, 5.41) is 0.952. The van der Waals surface area contributed by atoms with Gasteiger partial charge < -0.3 is 4.90 Å². The van der Waals surface area contributed by atoms with Gasteiger partial charge in [0.1, 0.15) is 0 Å². The predicted octanol–water partition coefficient (Wildman–Crippen LogP) is 4.66. The molecular formula is C25H23N3O2S. The largest absolute Gasteiger partial charge is 0.302 e. The number of pyridine rings is 1. The van der Waals surface area contributed by atoms with Crippen molar-refractivity contribution >= 4 is 26.5 Å². The first-order valence-electron chi connectivity index (χ1n) is 10.3. The van der Waals surface area contributed by atoms with Crippen molar-refractivity contribution in [3.63, 3.8) is 0 Å². The second-order valence-electron chi connectivity index (χ2n) is 7.87. The number of likely N-dealkylation sites (N-methyl/N-ethyl adjacent to an activating group) is 1. The third kappa shape index (κ3) is 3.58. The molecule has 3 heterocycles. The van der Waals surface area contributed by atoms with Crippen LogP contribution in [0.4, 0.5) is 0 Å². The molecule has 5 rings (SSSR count). The molecule has 0 bridgehead atoms. The molecule has 0 atom stereocenters. The van der Waals surface area contributed by atoms with Gasteiger partial charge in [0.25, 0.3) is 10.0 Å². The molecule has 0 N–H and O–H groups in total. The molecule has 0 amide bonds. The van der Waals surface area contributed by atoms with Crippen LogP contribution in [-0.4, -0.2) is 42.4 Å². The van der Waals surface area contributed by atoms with Crippen molar-refractivity contribution < 1.29 is 8.42 Å². The molecule has 1 aliphatic rings. The van der Waals surface area contributed by atoms with Gasteiger partial charge >= 0.3 is 0 Å². The van der Waals surface area contributed by atoms with Gasteiger partial charge in [-0.05, 0) is 60.5 Å². The second-order valence-corrected chi connectivity index (χ2v) is 9.68. The van der Waals surface area contributed by atoms with Gasteiger partial charge in [-0.25, -0.2) is 12.4 Å². The molecule has 0 aliphatic carbocycles. The van der Waals surface area contributed by atoms with Crippen molar-refractivity contribution in [2.45, 2.75) is 11.3 Å². The zero-order chi connectivity index (χ0) is 21.4. The molecule has 2 aromatic heterocycles. The third-order valence-electron chi connectivity index (χ3n) is 5.84. The maximum absolute atomic E-state index is 13.6. The zero-order valence-electron chi connectivity index (χ0n) is 17.3. The summed E-state index contributed by atoms with van der Waals surface area (Å²) in [5.74, 6) is 0.